The molecule has 0 radical (unpaired) electrons. The Kier molecular flexibility index (Phi) is 5.94. The van der Waals surface area contributed by atoms with Gasteiger partial charge in [0.25, 0.3) is 0 Å². The topological polar surface area (TPSA) is 101 Å². The van der Waals surface area contributed by atoms with E-state index >= 15 is 0 Å². The van der Waals surface area contributed by atoms with Crippen LogP contribution < -0.4 is 10.6 Å². The van der Waals surface area contributed by atoms with Crippen molar-refractivity contribution in [3.63, 3.8) is 0 Å². The highest BCUT2D eigenvalue weighted by atomic mass is 32.2. The molecule has 2 N–H and O–H groups in total. The number of hydrogen-bond donors (Lipinski definition) is 2. The van der Waals surface area contributed by atoms with E-state index in [1.807, 2.05) is 43.3 Å². The first-order chi connectivity index (χ1) is 15.0. The minimum Gasteiger partial charge on any atom is -0.326 e. The van der Waals surface area contributed by atoms with Crippen LogP contribution in [0, 0.1) is 6.92 Å². The van der Waals surface area contributed by atoms with Crippen LogP contribution in [-0.4, -0.2) is 37.4 Å². The molecule has 2 aromatic carbocycles. The molecule has 0 aliphatic rings. The van der Waals surface area contributed by atoms with Gasteiger partial charge in [0.1, 0.15) is 0 Å². The molecule has 8 nitrogen and oxygen atoms in total. The summed E-state index contributed by atoms with van der Waals surface area (Å²) in [6.45, 7) is 3.48. The van der Waals surface area contributed by atoms with E-state index in [1.54, 1.807) is 28.8 Å². The van der Waals surface area contributed by atoms with E-state index in [0.717, 1.165) is 11.3 Å². The molecule has 31 heavy (non-hydrogen) atoms. The Labute approximate surface area is 183 Å². The summed E-state index contributed by atoms with van der Waals surface area (Å²) in [5, 5.41) is 19.0. The third-order valence-electron chi connectivity index (χ3n) is 4.40. The molecule has 156 valence electrons. The second-order valence-corrected chi connectivity index (χ2v) is 7.88. The van der Waals surface area contributed by atoms with Crippen molar-refractivity contribution < 1.29 is 9.59 Å². The molecular weight excluding hydrogens is 412 g/mol. The first-order valence-electron chi connectivity index (χ1n) is 9.58. The van der Waals surface area contributed by atoms with Gasteiger partial charge < -0.3 is 10.6 Å². The number of anilines is 2. The summed E-state index contributed by atoms with van der Waals surface area (Å²) in [5.41, 5.74) is 4.92. The Morgan fingerprint density at radius 3 is 2.26 bits per heavy atom. The Balaban J connectivity index is 1.42. The van der Waals surface area contributed by atoms with E-state index in [1.165, 1.54) is 24.2 Å². The number of benzene rings is 2. The summed E-state index contributed by atoms with van der Waals surface area (Å²) >= 11 is 1.26. The van der Waals surface area contributed by atoms with E-state index in [4.69, 9.17) is 0 Å². The van der Waals surface area contributed by atoms with E-state index in [-0.39, 0.29) is 17.6 Å². The number of thioether (sulfide) groups is 1. The Morgan fingerprint density at radius 1 is 0.903 bits per heavy atom. The fourth-order valence-corrected chi connectivity index (χ4v) is 3.59. The van der Waals surface area contributed by atoms with Crippen LogP contribution in [-0.2, 0) is 9.59 Å². The van der Waals surface area contributed by atoms with Crippen molar-refractivity contribution in [1.29, 1.82) is 0 Å². The van der Waals surface area contributed by atoms with Gasteiger partial charge in [0.2, 0.25) is 17.0 Å². The van der Waals surface area contributed by atoms with E-state index in [9.17, 15) is 9.59 Å². The lowest BCUT2D eigenvalue weighted by atomic mass is 10.1. The maximum atomic E-state index is 12.3. The standard InChI is InChI=1S/C22H20N6O2S/c1-14-3-5-16(6-4-14)19-11-12-20-25-26-22(28(20)27-19)31-13-21(30)24-18-9-7-17(8-10-18)23-15(2)29/h3-12H,13H2,1-2H3,(H,23,29)(H,24,30). The number of fused-ring (bicyclic) bond motifs is 1. The van der Waals surface area contributed by atoms with Crippen LogP contribution in [0.25, 0.3) is 16.9 Å². The summed E-state index contributed by atoms with van der Waals surface area (Å²) in [6.07, 6.45) is 0. The predicted octanol–water partition coefficient (Wildman–Crippen LogP) is 3.79. The van der Waals surface area contributed by atoms with Gasteiger partial charge in [-0.2, -0.15) is 9.61 Å². The molecule has 4 rings (SSSR count). The smallest absolute Gasteiger partial charge is 0.234 e. The minimum atomic E-state index is -0.177. The van der Waals surface area contributed by atoms with Crippen LogP contribution in [0.4, 0.5) is 11.4 Å². The van der Waals surface area contributed by atoms with Gasteiger partial charge in [-0.05, 0) is 43.3 Å². The van der Waals surface area contributed by atoms with Crippen molar-refractivity contribution in [3.8, 4) is 11.3 Å². The number of nitrogens with one attached hydrogen (secondary N) is 2. The summed E-state index contributed by atoms with van der Waals surface area (Å²) in [4.78, 5) is 23.4. The monoisotopic (exact) mass is 432 g/mol. The fraction of sp³-hybridized carbons (Fsp3) is 0.136. The number of rotatable bonds is 6. The van der Waals surface area contributed by atoms with Gasteiger partial charge in [0.05, 0.1) is 11.4 Å². The summed E-state index contributed by atoms with van der Waals surface area (Å²) in [6, 6.07) is 18.8. The molecule has 2 amide bonds. The molecule has 0 bridgehead atoms. The summed E-state index contributed by atoms with van der Waals surface area (Å²) in [5.74, 6) is -0.165. The van der Waals surface area contributed by atoms with Gasteiger partial charge in [-0.1, -0.05) is 41.6 Å². The highest BCUT2D eigenvalue weighted by Crippen LogP contribution is 2.21. The number of amides is 2. The molecule has 2 aromatic heterocycles. The molecule has 0 spiro atoms. The largest absolute Gasteiger partial charge is 0.326 e. The molecule has 0 atom stereocenters. The number of carbonyl (C=O) groups excluding carboxylic acids is 2. The molecule has 0 unspecified atom stereocenters. The third-order valence-corrected chi connectivity index (χ3v) is 5.32. The first kappa shape index (κ1) is 20.5. The lowest BCUT2D eigenvalue weighted by Crippen LogP contribution is -2.14. The number of nitrogens with zero attached hydrogens (tertiary/aromatic N) is 4. The zero-order valence-electron chi connectivity index (χ0n) is 17.0. The Morgan fingerprint density at radius 2 is 1.58 bits per heavy atom. The minimum absolute atomic E-state index is 0.145. The van der Waals surface area contributed by atoms with Crippen molar-refractivity contribution in [2.75, 3.05) is 16.4 Å². The lowest BCUT2D eigenvalue weighted by Gasteiger charge is -2.07. The van der Waals surface area contributed by atoms with Crippen LogP contribution in [0.5, 0.6) is 0 Å². The van der Waals surface area contributed by atoms with Crippen molar-refractivity contribution in [2.45, 2.75) is 19.0 Å². The quantitative estimate of drug-likeness (QED) is 0.450. The Hall–Kier alpha value is -3.72. The SMILES string of the molecule is CC(=O)Nc1ccc(NC(=O)CSc2nnc3ccc(-c4ccc(C)cc4)nn23)cc1. The second-order valence-electron chi connectivity index (χ2n) is 6.93. The van der Waals surface area contributed by atoms with Crippen LogP contribution in [0.2, 0.25) is 0 Å². The number of hydrogen-bond acceptors (Lipinski definition) is 6. The van der Waals surface area contributed by atoms with Gasteiger partial charge in [0.15, 0.2) is 5.65 Å². The normalized spacial score (nSPS) is 10.8. The molecule has 0 saturated heterocycles. The van der Waals surface area contributed by atoms with Crippen LogP contribution in [0.15, 0.2) is 65.8 Å². The highest BCUT2D eigenvalue weighted by molar-refractivity contribution is 7.99. The predicted molar refractivity (Wildman–Crippen MR) is 121 cm³/mol. The lowest BCUT2D eigenvalue weighted by molar-refractivity contribution is -0.114. The van der Waals surface area contributed by atoms with Gasteiger partial charge in [0, 0.05) is 23.9 Å². The van der Waals surface area contributed by atoms with Gasteiger partial charge in [-0.25, -0.2) is 0 Å². The van der Waals surface area contributed by atoms with E-state index < -0.39 is 0 Å². The van der Waals surface area contributed by atoms with Crippen LogP contribution >= 0.6 is 11.8 Å². The van der Waals surface area contributed by atoms with Crippen molar-refractivity contribution in [2.24, 2.45) is 0 Å². The van der Waals surface area contributed by atoms with E-state index in [0.29, 0.717) is 22.2 Å². The summed E-state index contributed by atoms with van der Waals surface area (Å²) in [7, 11) is 0. The molecule has 0 fully saturated rings. The van der Waals surface area contributed by atoms with E-state index in [2.05, 4.69) is 25.9 Å². The number of aromatic nitrogens is 4. The molecule has 0 aliphatic carbocycles. The van der Waals surface area contributed by atoms with Crippen LogP contribution in [0.1, 0.15) is 12.5 Å². The number of aryl methyl sites for hydroxylation is 1. The molecule has 4 aromatic rings. The third kappa shape index (κ3) is 5.07. The average Bonchev–Trinajstić information content (AvgIpc) is 3.16. The van der Waals surface area contributed by atoms with Gasteiger partial charge >= 0.3 is 0 Å². The zero-order chi connectivity index (χ0) is 21.8. The van der Waals surface area contributed by atoms with Gasteiger partial charge in [-0.15, -0.1) is 10.2 Å². The average molecular weight is 433 g/mol. The fourth-order valence-electron chi connectivity index (χ4n) is 2.90. The Bertz CT molecular complexity index is 1240. The van der Waals surface area contributed by atoms with Crippen molar-refractivity contribution in [3.05, 3.63) is 66.2 Å². The molecule has 9 heteroatoms. The molecule has 2 heterocycles. The van der Waals surface area contributed by atoms with Crippen molar-refractivity contribution >= 4 is 40.6 Å². The molecule has 0 aliphatic heterocycles. The molecule has 0 saturated carbocycles. The molecular formula is C22H20N6O2S. The second kappa shape index (κ2) is 8.97. The maximum absolute atomic E-state index is 12.3. The highest BCUT2D eigenvalue weighted by Gasteiger charge is 2.12. The number of carbonyl (C=O) groups is 2. The maximum Gasteiger partial charge on any atom is 0.234 e. The summed E-state index contributed by atoms with van der Waals surface area (Å²) < 4.78 is 1.65. The van der Waals surface area contributed by atoms with Gasteiger partial charge in [-0.3, -0.25) is 9.59 Å². The van der Waals surface area contributed by atoms with Crippen molar-refractivity contribution in [1.82, 2.24) is 19.8 Å². The first-order valence-corrected chi connectivity index (χ1v) is 10.6. The van der Waals surface area contributed by atoms with Crippen LogP contribution in [0.3, 0.4) is 0 Å². The zero-order valence-corrected chi connectivity index (χ0v) is 17.8.